The summed E-state index contributed by atoms with van der Waals surface area (Å²) in [6.07, 6.45) is 3.60. The van der Waals surface area contributed by atoms with Crippen LogP contribution >= 0.6 is 0 Å². The number of piperidine rings is 1. The predicted molar refractivity (Wildman–Crippen MR) is 59.7 cm³/mol. The molecule has 2 saturated heterocycles. The van der Waals surface area contributed by atoms with Gasteiger partial charge in [-0.3, -0.25) is 0 Å². The first-order chi connectivity index (χ1) is 7.31. The zero-order valence-electron chi connectivity index (χ0n) is 9.61. The molecular formula is C12H23NO2. The lowest BCUT2D eigenvalue weighted by Gasteiger charge is -2.39. The Hall–Kier alpha value is -0.120. The maximum absolute atomic E-state index is 9.31. The van der Waals surface area contributed by atoms with E-state index in [2.05, 4.69) is 12.2 Å². The van der Waals surface area contributed by atoms with Crippen molar-refractivity contribution in [2.24, 2.45) is 17.8 Å². The van der Waals surface area contributed by atoms with Crippen molar-refractivity contribution in [3.63, 3.8) is 0 Å². The van der Waals surface area contributed by atoms with E-state index in [1.807, 2.05) is 0 Å². The molecule has 0 aromatic heterocycles. The first kappa shape index (κ1) is 11.4. The first-order valence-electron chi connectivity index (χ1n) is 6.23. The molecule has 0 aromatic rings. The molecule has 3 heteroatoms. The van der Waals surface area contributed by atoms with Crippen LogP contribution in [0, 0.1) is 17.8 Å². The van der Waals surface area contributed by atoms with Crippen LogP contribution in [0.2, 0.25) is 0 Å². The van der Waals surface area contributed by atoms with Crippen molar-refractivity contribution in [1.29, 1.82) is 0 Å². The molecule has 88 valence electrons. The predicted octanol–water partition coefficient (Wildman–Crippen LogP) is 1.02. The van der Waals surface area contributed by atoms with Crippen LogP contribution in [0.15, 0.2) is 0 Å². The first-order valence-corrected chi connectivity index (χ1v) is 6.23. The van der Waals surface area contributed by atoms with Crippen molar-refractivity contribution < 1.29 is 9.84 Å². The lowest BCUT2D eigenvalue weighted by atomic mass is 9.76. The largest absolute Gasteiger partial charge is 0.396 e. The summed E-state index contributed by atoms with van der Waals surface area (Å²) in [5.41, 5.74) is 0. The topological polar surface area (TPSA) is 41.5 Å². The van der Waals surface area contributed by atoms with Gasteiger partial charge in [0.25, 0.3) is 0 Å². The van der Waals surface area contributed by atoms with Crippen LogP contribution in [0.1, 0.15) is 26.2 Å². The van der Waals surface area contributed by atoms with Gasteiger partial charge in [0, 0.05) is 25.9 Å². The van der Waals surface area contributed by atoms with Gasteiger partial charge in [-0.1, -0.05) is 0 Å². The highest BCUT2D eigenvalue weighted by Crippen LogP contribution is 2.32. The van der Waals surface area contributed by atoms with E-state index in [4.69, 9.17) is 4.74 Å². The second-order valence-electron chi connectivity index (χ2n) is 5.09. The molecule has 2 heterocycles. The highest BCUT2D eigenvalue weighted by molar-refractivity contribution is 4.86. The molecule has 0 amide bonds. The Balaban J connectivity index is 1.87. The fourth-order valence-corrected chi connectivity index (χ4v) is 2.96. The van der Waals surface area contributed by atoms with Crippen LogP contribution < -0.4 is 5.32 Å². The molecule has 2 aliphatic rings. The molecule has 3 unspecified atom stereocenters. The van der Waals surface area contributed by atoms with E-state index in [1.165, 1.54) is 19.3 Å². The van der Waals surface area contributed by atoms with Crippen LogP contribution in [0.4, 0.5) is 0 Å². The number of ether oxygens (including phenoxy) is 1. The second-order valence-corrected chi connectivity index (χ2v) is 5.09. The third-order valence-electron chi connectivity index (χ3n) is 4.18. The van der Waals surface area contributed by atoms with Gasteiger partial charge >= 0.3 is 0 Å². The summed E-state index contributed by atoms with van der Waals surface area (Å²) >= 11 is 0. The van der Waals surface area contributed by atoms with Crippen LogP contribution in [0.3, 0.4) is 0 Å². The zero-order chi connectivity index (χ0) is 10.7. The van der Waals surface area contributed by atoms with Crippen molar-refractivity contribution in [3.8, 4) is 0 Å². The molecule has 0 radical (unpaired) electrons. The molecule has 2 fully saturated rings. The Bertz CT molecular complexity index is 192. The van der Waals surface area contributed by atoms with E-state index in [9.17, 15) is 5.11 Å². The number of rotatable bonds is 2. The number of hydrogen-bond donors (Lipinski definition) is 2. The second kappa shape index (κ2) is 5.28. The number of aliphatic hydroxyl groups is 1. The lowest BCUT2D eigenvalue weighted by molar-refractivity contribution is 0.0269. The molecule has 15 heavy (non-hydrogen) atoms. The van der Waals surface area contributed by atoms with Gasteiger partial charge in [0.05, 0.1) is 0 Å². The third kappa shape index (κ3) is 2.71. The monoisotopic (exact) mass is 213 g/mol. The zero-order valence-corrected chi connectivity index (χ0v) is 9.61. The van der Waals surface area contributed by atoms with E-state index in [1.54, 1.807) is 0 Å². The van der Waals surface area contributed by atoms with Gasteiger partial charge in [-0.05, 0) is 50.5 Å². The van der Waals surface area contributed by atoms with Crippen molar-refractivity contribution >= 4 is 0 Å². The molecule has 3 nitrogen and oxygen atoms in total. The minimum atomic E-state index is 0.327. The molecule has 2 aliphatic heterocycles. The molecule has 3 atom stereocenters. The van der Waals surface area contributed by atoms with Gasteiger partial charge in [0.15, 0.2) is 0 Å². The van der Waals surface area contributed by atoms with E-state index >= 15 is 0 Å². The summed E-state index contributed by atoms with van der Waals surface area (Å²) < 4.78 is 5.40. The highest BCUT2D eigenvalue weighted by Gasteiger charge is 2.32. The third-order valence-corrected chi connectivity index (χ3v) is 4.18. The van der Waals surface area contributed by atoms with Gasteiger partial charge in [-0.2, -0.15) is 0 Å². The molecule has 0 aromatic carbocycles. The number of hydrogen-bond acceptors (Lipinski definition) is 3. The normalized spacial score (nSPS) is 39.2. The smallest absolute Gasteiger partial charge is 0.0474 e. The maximum atomic E-state index is 9.31. The Morgan fingerprint density at radius 1 is 1.27 bits per heavy atom. The van der Waals surface area contributed by atoms with Crippen molar-refractivity contribution in [2.75, 3.05) is 26.4 Å². The van der Waals surface area contributed by atoms with Crippen molar-refractivity contribution in [2.45, 2.75) is 32.2 Å². The summed E-state index contributed by atoms with van der Waals surface area (Å²) in [7, 11) is 0. The molecular weight excluding hydrogens is 190 g/mol. The number of aliphatic hydroxyl groups excluding tert-OH is 1. The maximum Gasteiger partial charge on any atom is 0.0474 e. The Morgan fingerprint density at radius 2 is 2.00 bits per heavy atom. The Morgan fingerprint density at radius 3 is 2.67 bits per heavy atom. The minimum absolute atomic E-state index is 0.327. The van der Waals surface area contributed by atoms with E-state index in [-0.39, 0.29) is 0 Å². The average Bonchev–Trinajstić information content (AvgIpc) is 2.31. The van der Waals surface area contributed by atoms with Crippen molar-refractivity contribution in [3.05, 3.63) is 0 Å². The van der Waals surface area contributed by atoms with Gasteiger partial charge in [0.2, 0.25) is 0 Å². The van der Waals surface area contributed by atoms with E-state index in [0.29, 0.717) is 18.6 Å². The van der Waals surface area contributed by atoms with Crippen LogP contribution in [-0.2, 0) is 4.74 Å². The van der Waals surface area contributed by atoms with Crippen LogP contribution in [0.5, 0.6) is 0 Å². The summed E-state index contributed by atoms with van der Waals surface area (Å²) in [6, 6.07) is 0.478. The van der Waals surface area contributed by atoms with E-state index in [0.717, 1.165) is 31.6 Å². The van der Waals surface area contributed by atoms with Crippen LogP contribution in [0.25, 0.3) is 0 Å². The molecule has 0 aliphatic carbocycles. The molecule has 2 N–H and O–H groups in total. The fourth-order valence-electron chi connectivity index (χ4n) is 2.96. The fraction of sp³-hybridized carbons (Fsp3) is 1.00. The van der Waals surface area contributed by atoms with Gasteiger partial charge in [-0.25, -0.2) is 0 Å². The molecule has 2 rings (SSSR count). The quantitative estimate of drug-likeness (QED) is 0.719. The molecule has 0 saturated carbocycles. The summed E-state index contributed by atoms with van der Waals surface area (Å²) in [6.45, 7) is 5.50. The average molecular weight is 213 g/mol. The van der Waals surface area contributed by atoms with E-state index < -0.39 is 0 Å². The highest BCUT2D eigenvalue weighted by atomic mass is 16.5. The van der Waals surface area contributed by atoms with Gasteiger partial charge in [0.1, 0.15) is 0 Å². The Kier molecular flexibility index (Phi) is 4.00. The molecule has 0 bridgehead atoms. The lowest BCUT2D eigenvalue weighted by Crippen LogP contribution is -2.47. The van der Waals surface area contributed by atoms with Gasteiger partial charge < -0.3 is 15.2 Å². The van der Waals surface area contributed by atoms with Crippen LogP contribution in [-0.4, -0.2) is 37.5 Å². The Labute approximate surface area is 92.2 Å². The number of nitrogens with one attached hydrogen (secondary N) is 1. The van der Waals surface area contributed by atoms with Gasteiger partial charge in [-0.15, -0.1) is 0 Å². The minimum Gasteiger partial charge on any atom is -0.396 e. The summed E-state index contributed by atoms with van der Waals surface area (Å²) in [5.74, 6) is 2.02. The molecule has 0 spiro atoms. The summed E-state index contributed by atoms with van der Waals surface area (Å²) in [4.78, 5) is 0. The SMILES string of the molecule is CC1NCC(C2CCOCC2)CC1CO. The standard InChI is InChI=1S/C12H23NO2/c1-9-12(8-14)6-11(7-13-9)10-2-4-15-5-3-10/h9-14H,2-8H2,1H3. The summed E-state index contributed by atoms with van der Waals surface area (Å²) in [5, 5.41) is 12.8. The van der Waals surface area contributed by atoms with Crippen molar-refractivity contribution in [1.82, 2.24) is 5.32 Å².